The Morgan fingerprint density at radius 2 is 2.15 bits per heavy atom. The van der Waals surface area contributed by atoms with Crippen molar-refractivity contribution in [3.05, 3.63) is 0 Å². The lowest BCUT2D eigenvalue weighted by Gasteiger charge is -2.30. The summed E-state index contributed by atoms with van der Waals surface area (Å²) in [5.41, 5.74) is 5.63. The summed E-state index contributed by atoms with van der Waals surface area (Å²) in [5.74, 6) is -0.0480. The molecule has 1 heterocycles. The zero-order chi connectivity index (χ0) is 14.4. The van der Waals surface area contributed by atoms with Crippen molar-refractivity contribution in [2.75, 3.05) is 19.8 Å². The lowest BCUT2D eigenvalue weighted by molar-refractivity contribution is -0.137. The number of hydrogen-bond donors (Lipinski definition) is 2. The number of hydrogen-bond acceptors (Lipinski definition) is 4. The first-order valence-corrected chi connectivity index (χ1v) is 7.90. The fraction of sp³-hybridized carbons (Fsp3) is 0.933. The van der Waals surface area contributed by atoms with E-state index in [1.165, 1.54) is 6.42 Å². The molecule has 0 aromatic carbocycles. The molecule has 2 unspecified atom stereocenters. The van der Waals surface area contributed by atoms with E-state index in [4.69, 9.17) is 15.2 Å². The second kappa shape index (κ2) is 7.38. The molecule has 1 saturated carbocycles. The van der Waals surface area contributed by atoms with Gasteiger partial charge in [-0.05, 0) is 39.0 Å². The van der Waals surface area contributed by atoms with Crippen LogP contribution < -0.4 is 11.1 Å². The second-order valence-corrected chi connectivity index (χ2v) is 6.14. The zero-order valence-corrected chi connectivity index (χ0v) is 12.5. The van der Waals surface area contributed by atoms with Gasteiger partial charge in [-0.25, -0.2) is 0 Å². The number of carbonyl (C=O) groups is 1. The van der Waals surface area contributed by atoms with Gasteiger partial charge in [-0.3, -0.25) is 4.79 Å². The van der Waals surface area contributed by atoms with E-state index in [-0.39, 0.29) is 17.6 Å². The smallest absolute Gasteiger partial charge is 0.249 e. The first-order chi connectivity index (χ1) is 9.65. The molecule has 2 aliphatic rings. The van der Waals surface area contributed by atoms with Crippen LogP contribution in [0.2, 0.25) is 0 Å². The van der Waals surface area contributed by atoms with Crippen molar-refractivity contribution in [2.24, 2.45) is 5.73 Å². The Morgan fingerprint density at radius 1 is 1.40 bits per heavy atom. The van der Waals surface area contributed by atoms with Crippen molar-refractivity contribution in [3.8, 4) is 0 Å². The molecule has 5 nitrogen and oxygen atoms in total. The average Bonchev–Trinajstić information content (AvgIpc) is 2.95. The van der Waals surface area contributed by atoms with Crippen LogP contribution in [-0.4, -0.2) is 43.4 Å². The number of amides is 1. The maximum absolute atomic E-state index is 12.2. The van der Waals surface area contributed by atoms with Crippen molar-refractivity contribution < 1.29 is 14.3 Å². The van der Waals surface area contributed by atoms with Crippen LogP contribution in [0.4, 0.5) is 0 Å². The summed E-state index contributed by atoms with van der Waals surface area (Å²) in [6.07, 6.45) is 7.29. The monoisotopic (exact) mass is 284 g/mol. The van der Waals surface area contributed by atoms with Crippen LogP contribution in [0.15, 0.2) is 0 Å². The van der Waals surface area contributed by atoms with Gasteiger partial charge in [-0.1, -0.05) is 12.8 Å². The van der Waals surface area contributed by atoms with Crippen molar-refractivity contribution in [2.45, 2.75) is 69.6 Å². The quantitative estimate of drug-likeness (QED) is 0.772. The molecule has 2 rings (SSSR count). The minimum absolute atomic E-state index is 0.0480. The zero-order valence-electron chi connectivity index (χ0n) is 12.5. The Bertz CT molecular complexity index is 310. The van der Waals surface area contributed by atoms with Crippen molar-refractivity contribution in [1.82, 2.24) is 5.32 Å². The van der Waals surface area contributed by atoms with Crippen LogP contribution in [0.3, 0.4) is 0 Å². The second-order valence-electron chi connectivity index (χ2n) is 6.14. The van der Waals surface area contributed by atoms with Crippen molar-refractivity contribution >= 4 is 5.91 Å². The summed E-state index contributed by atoms with van der Waals surface area (Å²) in [5, 5.41) is 3.10. The molecule has 116 valence electrons. The highest BCUT2D eigenvalue weighted by Gasteiger charge is 2.35. The third-order valence-electron chi connectivity index (χ3n) is 4.52. The largest absolute Gasteiger partial charge is 0.376 e. The highest BCUT2D eigenvalue weighted by molar-refractivity contribution is 5.81. The summed E-state index contributed by atoms with van der Waals surface area (Å²) in [4.78, 5) is 12.2. The molecule has 0 spiro atoms. The summed E-state index contributed by atoms with van der Waals surface area (Å²) in [7, 11) is 0. The van der Waals surface area contributed by atoms with Crippen LogP contribution >= 0.6 is 0 Å². The molecule has 0 aromatic heterocycles. The first-order valence-electron chi connectivity index (χ1n) is 7.90. The molecule has 20 heavy (non-hydrogen) atoms. The number of ether oxygens (including phenoxy) is 2. The van der Waals surface area contributed by atoms with Crippen LogP contribution in [0, 0.1) is 0 Å². The lowest BCUT2D eigenvalue weighted by atomic mass is 9.97. The van der Waals surface area contributed by atoms with Crippen LogP contribution in [0.1, 0.15) is 51.9 Å². The SMILES string of the molecule is CC(OCC1CCCCO1)C(=O)NC1(CN)CCCC1. The lowest BCUT2D eigenvalue weighted by Crippen LogP contribution is -2.54. The van der Waals surface area contributed by atoms with Crippen LogP contribution in [-0.2, 0) is 14.3 Å². The van der Waals surface area contributed by atoms with Gasteiger partial charge in [0.15, 0.2) is 0 Å². The topological polar surface area (TPSA) is 73.6 Å². The molecule has 1 aliphatic carbocycles. The molecule has 0 aromatic rings. The van der Waals surface area contributed by atoms with Gasteiger partial charge < -0.3 is 20.5 Å². The average molecular weight is 284 g/mol. The minimum Gasteiger partial charge on any atom is -0.376 e. The van der Waals surface area contributed by atoms with Gasteiger partial charge in [0.05, 0.1) is 18.2 Å². The molecule has 0 bridgehead atoms. The molecule has 1 amide bonds. The van der Waals surface area contributed by atoms with Gasteiger partial charge in [-0.15, -0.1) is 0 Å². The fourth-order valence-electron chi connectivity index (χ4n) is 3.06. The van der Waals surface area contributed by atoms with E-state index in [0.717, 1.165) is 45.1 Å². The Kier molecular flexibility index (Phi) is 5.81. The molecular weight excluding hydrogens is 256 g/mol. The van der Waals surface area contributed by atoms with Crippen LogP contribution in [0.25, 0.3) is 0 Å². The number of nitrogens with two attached hydrogens (primary N) is 1. The summed E-state index contributed by atoms with van der Waals surface area (Å²) in [6.45, 7) is 3.63. The Labute approximate surface area is 121 Å². The fourth-order valence-corrected chi connectivity index (χ4v) is 3.06. The summed E-state index contributed by atoms with van der Waals surface area (Å²) >= 11 is 0. The Hall–Kier alpha value is -0.650. The van der Waals surface area contributed by atoms with Gasteiger partial charge in [-0.2, -0.15) is 0 Å². The highest BCUT2D eigenvalue weighted by atomic mass is 16.5. The number of nitrogens with one attached hydrogen (secondary N) is 1. The van der Waals surface area contributed by atoms with Gasteiger partial charge in [0.2, 0.25) is 5.91 Å². The van der Waals surface area contributed by atoms with Crippen molar-refractivity contribution in [1.29, 1.82) is 0 Å². The van der Waals surface area contributed by atoms with E-state index in [2.05, 4.69) is 5.32 Å². The number of carbonyl (C=O) groups excluding carboxylic acids is 1. The predicted molar refractivity (Wildman–Crippen MR) is 77.4 cm³/mol. The molecule has 2 atom stereocenters. The van der Waals surface area contributed by atoms with Gasteiger partial charge in [0.1, 0.15) is 6.10 Å². The summed E-state index contributed by atoms with van der Waals surface area (Å²) in [6, 6.07) is 0. The minimum atomic E-state index is -0.440. The first kappa shape index (κ1) is 15.7. The Balaban J connectivity index is 1.73. The molecule has 5 heteroatoms. The van der Waals surface area contributed by atoms with E-state index in [0.29, 0.717) is 13.2 Å². The number of rotatable bonds is 6. The normalized spacial score (nSPS) is 27.2. The van der Waals surface area contributed by atoms with Gasteiger partial charge >= 0.3 is 0 Å². The summed E-state index contributed by atoms with van der Waals surface area (Å²) < 4.78 is 11.3. The van der Waals surface area contributed by atoms with E-state index in [1.807, 2.05) is 0 Å². The van der Waals surface area contributed by atoms with Crippen molar-refractivity contribution in [3.63, 3.8) is 0 Å². The maximum atomic E-state index is 12.2. The molecule has 1 saturated heterocycles. The van der Waals surface area contributed by atoms with E-state index in [1.54, 1.807) is 6.92 Å². The Morgan fingerprint density at radius 3 is 2.75 bits per heavy atom. The molecule has 0 radical (unpaired) electrons. The molecule has 3 N–H and O–H groups in total. The van der Waals surface area contributed by atoms with E-state index in [9.17, 15) is 4.79 Å². The third-order valence-corrected chi connectivity index (χ3v) is 4.52. The van der Waals surface area contributed by atoms with Crippen LogP contribution in [0.5, 0.6) is 0 Å². The maximum Gasteiger partial charge on any atom is 0.249 e. The molecule has 1 aliphatic heterocycles. The van der Waals surface area contributed by atoms with E-state index < -0.39 is 6.10 Å². The highest BCUT2D eigenvalue weighted by Crippen LogP contribution is 2.28. The van der Waals surface area contributed by atoms with E-state index >= 15 is 0 Å². The predicted octanol–water partition coefficient (Wildman–Crippen LogP) is 1.35. The molecule has 2 fully saturated rings. The van der Waals surface area contributed by atoms with Gasteiger partial charge in [0, 0.05) is 13.2 Å². The van der Waals surface area contributed by atoms with Gasteiger partial charge in [0.25, 0.3) is 0 Å². The third kappa shape index (κ3) is 4.17. The molecular formula is C15H28N2O3. The standard InChI is InChI=1S/C15H28N2O3/c1-12(20-10-13-6-2-5-9-19-13)14(18)17-15(11-16)7-3-4-8-15/h12-13H,2-11,16H2,1H3,(H,17,18).